The van der Waals surface area contributed by atoms with E-state index in [1.54, 1.807) is 25.1 Å². The summed E-state index contributed by atoms with van der Waals surface area (Å²) in [5.74, 6) is -0.519. The molecule has 1 aromatic heterocycles. The summed E-state index contributed by atoms with van der Waals surface area (Å²) in [6.07, 6.45) is 2.49. The van der Waals surface area contributed by atoms with Crippen molar-refractivity contribution in [2.45, 2.75) is 30.9 Å². The van der Waals surface area contributed by atoms with E-state index in [1.165, 1.54) is 6.07 Å². The summed E-state index contributed by atoms with van der Waals surface area (Å²) in [5, 5.41) is 3.11. The van der Waals surface area contributed by atoms with Crippen LogP contribution in [-0.4, -0.2) is 30.3 Å². The Labute approximate surface area is 133 Å². The van der Waals surface area contributed by atoms with Crippen LogP contribution in [0.1, 0.15) is 25.0 Å². The van der Waals surface area contributed by atoms with Crippen LogP contribution in [0.25, 0.3) is 10.9 Å². The van der Waals surface area contributed by atoms with Crippen LogP contribution in [-0.2, 0) is 14.6 Å². The van der Waals surface area contributed by atoms with E-state index in [0.717, 1.165) is 18.4 Å². The van der Waals surface area contributed by atoms with E-state index in [9.17, 15) is 18.0 Å². The van der Waals surface area contributed by atoms with Gasteiger partial charge in [0.2, 0.25) is 5.91 Å². The zero-order valence-corrected chi connectivity index (χ0v) is 13.8. The van der Waals surface area contributed by atoms with Crippen molar-refractivity contribution >= 4 is 32.3 Å². The molecule has 0 saturated heterocycles. The third kappa shape index (κ3) is 2.55. The van der Waals surface area contributed by atoms with Crippen molar-refractivity contribution in [2.24, 2.45) is 0 Å². The molecular formula is C16H18N2O4S. The van der Waals surface area contributed by atoms with Crippen molar-refractivity contribution in [2.75, 3.05) is 11.6 Å². The van der Waals surface area contributed by atoms with Gasteiger partial charge in [-0.2, -0.15) is 0 Å². The smallest absolute Gasteiger partial charge is 0.245 e. The van der Waals surface area contributed by atoms with Crippen molar-refractivity contribution in [3.63, 3.8) is 0 Å². The lowest BCUT2D eigenvalue weighted by Crippen LogP contribution is -2.54. The van der Waals surface area contributed by atoms with Crippen molar-refractivity contribution in [1.82, 2.24) is 4.98 Å². The summed E-state index contributed by atoms with van der Waals surface area (Å²) >= 11 is 0. The third-order valence-electron chi connectivity index (χ3n) is 4.51. The van der Waals surface area contributed by atoms with Crippen LogP contribution in [0.3, 0.4) is 0 Å². The highest BCUT2D eigenvalue weighted by molar-refractivity contribution is 7.93. The molecule has 0 aliphatic heterocycles. The molecule has 1 aliphatic carbocycles. The third-order valence-corrected chi connectivity index (χ3v) is 6.52. The normalized spacial score (nSPS) is 16.8. The minimum atomic E-state index is -3.48. The first-order valence-corrected chi connectivity index (χ1v) is 9.27. The summed E-state index contributed by atoms with van der Waals surface area (Å²) in [6.45, 7) is 1.79. The van der Waals surface area contributed by atoms with E-state index < -0.39 is 20.5 Å². The Kier molecular flexibility index (Phi) is 3.55. The first kappa shape index (κ1) is 15.7. The van der Waals surface area contributed by atoms with E-state index in [1.807, 2.05) is 0 Å². The van der Waals surface area contributed by atoms with Crippen molar-refractivity contribution in [1.29, 1.82) is 0 Å². The number of sulfone groups is 1. The van der Waals surface area contributed by atoms with Gasteiger partial charge in [0.05, 0.1) is 0 Å². The number of anilines is 1. The van der Waals surface area contributed by atoms with Crippen LogP contribution in [0.2, 0.25) is 0 Å². The number of aromatic amines is 1. The quantitative estimate of drug-likeness (QED) is 0.893. The number of aromatic nitrogens is 1. The van der Waals surface area contributed by atoms with Crippen LogP contribution in [0.5, 0.6) is 0 Å². The Morgan fingerprint density at radius 1 is 1.26 bits per heavy atom. The minimum absolute atomic E-state index is 0.145. The molecule has 1 aromatic carbocycles. The second kappa shape index (κ2) is 5.19. The van der Waals surface area contributed by atoms with E-state index >= 15 is 0 Å². The van der Waals surface area contributed by atoms with E-state index in [-0.39, 0.29) is 5.43 Å². The summed E-state index contributed by atoms with van der Waals surface area (Å²) in [4.78, 5) is 27.6. The number of amides is 1. The predicted molar refractivity (Wildman–Crippen MR) is 89.4 cm³/mol. The number of hydrogen-bond donors (Lipinski definition) is 2. The van der Waals surface area contributed by atoms with Gasteiger partial charge in [0, 0.05) is 34.6 Å². The highest BCUT2D eigenvalue weighted by Crippen LogP contribution is 2.40. The summed E-state index contributed by atoms with van der Waals surface area (Å²) in [6, 6.07) is 6.41. The van der Waals surface area contributed by atoms with Gasteiger partial charge < -0.3 is 10.3 Å². The van der Waals surface area contributed by atoms with Crippen LogP contribution in [0, 0.1) is 6.92 Å². The van der Waals surface area contributed by atoms with Crippen LogP contribution >= 0.6 is 0 Å². The van der Waals surface area contributed by atoms with Gasteiger partial charge in [0.25, 0.3) is 0 Å². The van der Waals surface area contributed by atoms with Gasteiger partial charge in [-0.3, -0.25) is 9.59 Å². The molecule has 6 nitrogen and oxygen atoms in total. The van der Waals surface area contributed by atoms with E-state index in [0.29, 0.717) is 29.4 Å². The van der Waals surface area contributed by atoms with Crippen molar-refractivity contribution in [3.8, 4) is 0 Å². The Hall–Kier alpha value is -2.15. The lowest BCUT2D eigenvalue weighted by molar-refractivity contribution is -0.120. The van der Waals surface area contributed by atoms with Crippen LogP contribution in [0.15, 0.2) is 29.1 Å². The number of fused-ring (bicyclic) bond motifs is 1. The fraction of sp³-hybridized carbons (Fsp3) is 0.375. The van der Waals surface area contributed by atoms with Gasteiger partial charge in [-0.05, 0) is 44.4 Å². The monoisotopic (exact) mass is 334 g/mol. The average Bonchev–Trinajstić information content (AvgIpc) is 2.36. The highest BCUT2D eigenvalue weighted by Gasteiger charge is 2.52. The number of nitrogens with one attached hydrogen (secondary N) is 2. The number of benzene rings is 1. The van der Waals surface area contributed by atoms with E-state index in [4.69, 9.17) is 0 Å². The topological polar surface area (TPSA) is 96.1 Å². The molecule has 2 N–H and O–H groups in total. The second-order valence-corrected chi connectivity index (χ2v) is 8.48. The second-order valence-electron chi connectivity index (χ2n) is 6.15. The molecule has 0 radical (unpaired) electrons. The maximum absolute atomic E-state index is 12.5. The first-order chi connectivity index (χ1) is 10.7. The number of H-pyrrole nitrogens is 1. The number of rotatable bonds is 3. The number of carbonyl (C=O) groups excluding carboxylic acids is 1. The minimum Gasteiger partial charge on any atom is -0.358 e. The fourth-order valence-corrected chi connectivity index (χ4v) is 4.38. The van der Waals surface area contributed by atoms with Gasteiger partial charge in [-0.1, -0.05) is 0 Å². The fourth-order valence-electron chi connectivity index (χ4n) is 2.97. The number of aryl methyl sites for hydroxylation is 1. The van der Waals surface area contributed by atoms with Gasteiger partial charge in [0.1, 0.15) is 0 Å². The zero-order valence-electron chi connectivity index (χ0n) is 13.0. The lowest BCUT2D eigenvalue weighted by Gasteiger charge is -2.38. The molecule has 0 spiro atoms. The summed E-state index contributed by atoms with van der Waals surface area (Å²) in [5.41, 5.74) is 1.71. The Morgan fingerprint density at radius 3 is 2.52 bits per heavy atom. The number of carbonyl (C=O) groups is 1. The van der Waals surface area contributed by atoms with Crippen LogP contribution < -0.4 is 10.7 Å². The average molecular weight is 334 g/mol. The van der Waals surface area contributed by atoms with Crippen LogP contribution in [0.4, 0.5) is 5.69 Å². The molecule has 1 fully saturated rings. The molecule has 0 bridgehead atoms. The van der Waals surface area contributed by atoms with E-state index in [2.05, 4.69) is 10.3 Å². The molecular weight excluding hydrogens is 316 g/mol. The Bertz CT molecular complexity index is 956. The molecule has 7 heteroatoms. The first-order valence-electron chi connectivity index (χ1n) is 7.38. The largest absolute Gasteiger partial charge is 0.358 e. The molecule has 122 valence electrons. The summed E-state index contributed by atoms with van der Waals surface area (Å²) < 4.78 is 22.6. The number of pyridine rings is 1. The predicted octanol–water partition coefficient (Wildman–Crippen LogP) is 1.74. The maximum Gasteiger partial charge on any atom is 0.245 e. The Balaban J connectivity index is 1.96. The SMILES string of the molecule is Cc1cc(=O)c2cc(NC(=O)C3(S(C)(=O)=O)CCC3)ccc2[nH]1. The highest BCUT2D eigenvalue weighted by atomic mass is 32.2. The summed E-state index contributed by atoms with van der Waals surface area (Å²) in [7, 11) is -3.48. The Morgan fingerprint density at radius 2 is 1.96 bits per heavy atom. The maximum atomic E-state index is 12.5. The molecule has 0 atom stereocenters. The van der Waals surface area contributed by atoms with Gasteiger partial charge >= 0.3 is 0 Å². The molecule has 2 aromatic rings. The lowest BCUT2D eigenvalue weighted by atomic mass is 9.83. The van der Waals surface area contributed by atoms with Gasteiger partial charge in [-0.15, -0.1) is 0 Å². The molecule has 3 rings (SSSR count). The molecule has 1 heterocycles. The molecule has 1 aliphatic rings. The molecule has 23 heavy (non-hydrogen) atoms. The van der Waals surface area contributed by atoms with Crippen molar-refractivity contribution < 1.29 is 13.2 Å². The van der Waals surface area contributed by atoms with Crippen molar-refractivity contribution in [3.05, 3.63) is 40.2 Å². The molecule has 0 unspecified atom stereocenters. The van der Waals surface area contributed by atoms with Gasteiger partial charge in [0.15, 0.2) is 20.0 Å². The van der Waals surface area contributed by atoms with Gasteiger partial charge in [-0.25, -0.2) is 8.42 Å². The molecule has 1 amide bonds. The standard InChI is InChI=1S/C16H18N2O4S/c1-10-8-14(19)12-9-11(4-5-13(12)17-10)18-15(20)16(6-3-7-16)23(2,21)22/h4-5,8-9H,3,6-7H2,1-2H3,(H,17,19)(H,18,20). The number of hydrogen-bond acceptors (Lipinski definition) is 4. The zero-order chi connectivity index (χ0) is 16.8. The molecule has 1 saturated carbocycles.